The van der Waals surface area contributed by atoms with Gasteiger partial charge in [0.15, 0.2) is 0 Å². The number of aromatic nitrogens is 5. The summed E-state index contributed by atoms with van der Waals surface area (Å²) in [4.78, 5) is 9.20. The summed E-state index contributed by atoms with van der Waals surface area (Å²) >= 11 is 0. The minimum atomic E-state index is 0.530. The Balaban J connectivity index is 2.02. The molecule has 6 nitrogen and oxygen atoms in total. The summed E-state index contributed by atoms with van der Waals surface area (Å²) in [5.41, 5.74) is 1.86. The summed E-state index contributed by atoms with van der Waals surface area (Å²) in [6.45, 7) is 2.98. The van der Waals surface area contributed by atoms with Crippen molar-refractivity contribution in [3.63, 3.8) is 0 Å². The number of hydrogen-bond donors (Lipinski definition) is 1. The van der Waals surface area contributed by atoms with Gasteiger partial charge in [0.1, 0.15) is 17.3 Å². The van der Waals surface area contributed by atoms with Crippen molar-refractivity contribution in [1.82, 2.24) is 25.0 Å². The molecule has 2 aromatic heterocycles. The Morgan fingerprint density at radius 2 is 2.21 bits per heavy atom. The lowest BCUT2D eigenvalue weighted by Gasteiger charge is -2.08. The van der Waals surface area contributed by atoms with Crippen LogP contribution in [-0.2, 0) is 6.54 Å². The quantitative estimate of drug-likeness (QED) is 0.889. The highest BCUT2D eigenvalue weighted by Crippen LogP contribution is 2.39. The molecule has 0 amide bonds. The van der Waals surface area contributed by atoms with Gasteiger partial charge in [0.2, 0.25) is 0 Å². The van der Waals surface area contributed by atoms with Crippen molar-refractivity contribution in [1.29, 1.82) is 0 Å². The first kappa shape index (κ1) is 12.1. The van der Waals surface area contributed by atoms with Gasteiger partial charge >= 0.3 is 0 Å². The minimum absolute atomic E-state index is 0.530. The molecule has 0 aromatic carbocycles. The van der Waals surface area contributed by atoms with Crippen LogP contribution in [0.2, 0.25) is 0 Å². The van der Waals surface area contributed by atoms with Gasteiger partial charge in [0, 0.05) is 25.6 Å². The van der Waals surface area contributed by atoms with Crippen molar-refractivity contribution < 1.29 is 0 Å². The maximum absolute atomic E-state index is 4.68. The maximum Gasteiger partial charge on any atom is 0.134 e. The smallest absolute Gasteiger partial charge is 0.134 e. The van der Waals surface area contributed by atoms with E-state index in [9.17, 15) is 0 Å². The number of rotatable bonds is 5. The molecule has 1 saturated carbocycles. The van der Waals surface area contributed by atoms with Gasteiger partial charge in [-0.15, -0.1) is 5.10 Å². The van der Waals surface area contributed by atoms with E-state index < -0.39 is 0 Å². The van der Waals surface area contributed by atoms with E-state index in [1.165, 1.54) is 12.8 Å². The second-order valence-electron chi connectivity index (χ2n) is 4.86. The van der Waals surface area contributed by atoms with E-state index >= 15 is 0 Å². The highest BCUT2D eigenvalue weighted by atomic mass is 15.4. The summed E-state index contributed by atoms with van der Waals surface area (Å²) in [5, 5.41) is 11.2. The predicted molar refractivity (Wildman–Crippen MR) is 72.9 cm³/mol. The second-order valence-corrected chi connectivity index (χ2v) is 4.86. The summed E-state index contributed by atoms with van der Waals surface area (Å²) in [5.74, 6) is 2.32. The largest absolute Gasteiger partial charge is 0.373 e. The van der Waals surface area contributed by atoms with Gasteiger partial charge in [-0.1, -0.05) is 12.1 Å². The molecule has 0 unspecified atom stereocenters. The van der Waals surface area contributed by atoms with Crippen LogP contribution in [0.25, 0.3) is 11.4 Å². The third kappa shape index (κ3) is 2.43. The number of nitrogens with zero attached hydrogens (tertiary/aromatic N) is 5. The topological polar surface area (TPSA) is 68.5 Å². The zero-order chi connectivity index (χ0) is 13.2. The van der Waals surface area contributed by atoms with Gasteiger partial charge < -0.3 is 5.32 Å². The summed E-state index contributed by atoms with van der Waals surface area (Å²) in [7, 11) is 1.88. The molecule has 0 aliphatic heterocycles. The zero-order valence-electron chi connectivity index (χ0n) is 11.3. The first-order valence-electron chi connectivity index (χ1n) is 6.77. The van der Waals surface area contributed by atoms with Crippen molar-refractivity contribution in [3.8, 4) is 11.4 Å². The van der Waals surface area contributed by atoms with Crippen LogP contribution >= 0.6 is 0 Å². The molecule has 3 rings (SSSR count). The third-order valence-electron chi connectivity index (χ3n) is 3.26. The van der Waals surface area contributed by atoms with Gasteiger partial charge in [0.05, 0.1) is 11.9 Å². The Hall–Kier alpha value is -1.98. The molecule has 100 valence electrons. The summed E-state index contributed by atoms with van der Waals surface area (Å²) in [6.07, 6.45) is 5.18. The normalized spacial score (nSPS) is 14.6. The van der Waals surface area contributed by atoms with Crippen LogP contribution in [-0.4, -0.2) is 32.0 Å². The Bertz CT molecular complexity index is 572. The molecule has 1 aliphatic carbocycles. The predicted octanol–water partition coefficient (Wildman–Crippen LogP) is 2.06. The SMILES string of the molecule is CCCn1nncc1-c1cc(NC)nc(C2CC2)n1. The van der Waals surface area contributed by atoms with Gasteiger partial charge in [-0.25, -0.2) is 14.6 Å². The molecule has 1 aliphatic rings. The number of anilines is 1. The van der Waals surface area contributed by atoms with Crippen molar-refractivity contribution >= 4 is 5.82 Å². The van der Waals surface area contributed by atoms with Crippen LogP contribution in [0.5, 0.6) is 0 Å². The number of aryl methyl sites for hydroxylation is 1. The molecule has 2 aromatic rings. The second kappa shape index (κ2) is 4.95. The lowest BCUT2D eigenvalue weighted by molar-refractivity contribution is 0.583. The molecule has 0 radical (unpaired) electrons. The Morgan fingerprint density at radius 1 is 1.37 bits per heavy atom. The Kier molecular flexibility index (Phi) is 3.15. The third-order valence-corrected chi connectivity index (χ3v) is 3.26. The molecule has 0 saturated heterocycles. The maximum atomic E-state index is 4.68. The average molecular weight is 258 g/mol. The molecule has 6 heteroatoms. The molecule has 0 spiro atoms. The summed E-state index contributed by atoms with van der Waals surface area (Å²) in [6, 6.07) is 1.96. The fourth-order valence-corrected chi connectivity index (χ4v) is 2.08. The number of hydrogen-bond acceptors (Lipinski definition) is 5. The first-order valence-corrected chi connectivity index (χ1v) is 6.77. The molecular formula is C13H18N6. The van der Waals surface area contributed by atoms with E-state index in [1.807, 2.05) is 17.8 Å². The highest BCUT2D eigenvalue weighted by Gasteiger charge is 2.27. The zero-order valence-corrected chi connectivity index (χ0v) is 11.3. The van der Waals surface area contributed by atoms with Gasteiger partial charge in [-0.2, -0.15) is 0 Å². The minimum Gasteiger partial charge on any atom is -0.373 e. The van der Waals surface area contributed by atoms with E-state index in [0.717, 1.165) is 36.0 Å². The highest BCUT2D eigenvalue weighted by molar-refractivity contribution is 5.58. The van der Waals surface area contributed by atoms with Crippen LogP contribution in [0.1, 0.15) is 37.9 Å². The van der Waals surface area contributed by atoms with Crippen LogP contribution in [0.4, 0.5) is 5.82 Å². The standard InChI is InChI=1S/C13H18N6/c1-3-6-19-11(8-15-18-19)10-7-12(14-2)17-13(16-10)9-4-5-9/h7-9H,3-6H2,1-2H3,(H,14,16,17). The fraction of sp³-hybridized carbons (Fsp3) is 0.538. The van der Waals surface area contributed by atoms with Crippen molar-refractivity contribution in [3.05, 3.63) is 18.1 Å². The average Bonchev–Trinajstić information content (AvgIpc) is 3.19. The Labute approximate surface area is 112 Å². The lowest BCUT2D eigenvalue weighted by Crippen LogP contribution is -2.05. The molecular weight excluding hydrogens is 240 g/mol. The van der Waals surface area contributed by atoms with Gasteiger partial charge in [0.25, 0.3) is 0 Å². The van der Waals surface area contributed by atoms with Crippen LogP contribution < -0.4 is 5.32 Å². The van der Waals surface area contributed by atoms with Gasteiger partial charge in [-0.05, 0) is 19.3 Å². The Morgan fingerprint density at radius 3 is 2.89 bits per heavy atom. The molecule has 2 heterocycles. The van der Waals surface area contributed by atoms with Crippen molar-refractivity contribution in [2.45, 2.75) is 38.6 Å². The fourth-order valence-electron chi connectivity index (χ4n) is 2.08. The monoisotopic (exact) mass is 258 g/mol. The molecule has 19 heavy (non-hydrogen) atoms. The van der Waals surface area contributed by atoms with E-state index in [0.29, 0.717) is 5.92 Å². The number of nitrogens with one attached hydrogen (secondary N) is 1. The molecule has 1 N–H and O–H groups in total. The summed E-state index contributed by atoms with van der Waals surface area (Å²) < 4.78 is 1.90. The molecule has 0 bridgehead atoms. The van der Waals surface area contributed by atoms with E-state index in [1.54, 1.807) is 6.20 Å². The first-order chi connectivity index (χ1) is 9.31. The van der Waals surface area contributed by atoms with E-state index in [2.05, 4.69) is 32.5 Å². The molecule has 1 fully saturated rings. The van der Waals surface area contributed by atoms with Crippen molar-refractivity contribution in [2.75, 3.05) is 12.4 Å². The van der Waals surface area contributed by atoms with E-state index in [-0.39, 0.29) is 0 Å². The van der Waals surface area contributed by atoms with Gasteiger partial charge in [-0.3, -0.25) is 0 Å². The van der Waals surface area contributed by atoms with E-state index in [4.69, 9.17) is 0 Å². The lowest BCUT2D eigenvalue weighted by atomic mass is 10.2. The van der Waals surface area contributed by atoms with Crippen molar-refractivity contribution in [2.24, 2.45) is 0 Å². The van der Waals surface area contributed by atoms with Crippen LogP contribution in [0.3, 0.4) is 0 Å². The van der Waals surface area contributed by atoms with Crippen LogP contribution in [0, 0.1) is 0 Å². The van der Waals surface area contributed by atoms with Crippen LogP contribution in [0.15, 0.2) is 12.3 Å². The molecule has 0 atom stereocenters.